The number of nitrogens with zero attached hydrogens (tertiary/aromatic N) is 3. The summed E-state index contributed by atoms with van der Waals surface area (Å²) in [7, 11) is 0. The zero-order valence-electron chi connectivity index (χ0n) is 11.0. The molecule has 1 aromatic rings. The lowest BCUT2D eigenvalue weighted by atomic mass is 10.3. The monoisotopic (exact) mass is 265 g/mol. The molecule has 102 valence electrons. The Morgan fingerprint density at radius 2 is 2.16 bits per heavy atom. The van der Waals surface area contributed by atoms with Crippen molar-refractivity contribution in [2.75, 3.05) is 11.5 Å². The lowest BCUT2D eigenvalue weighted by Gasteiger charge is -2.20. The molecule has 0 spiro atoms. The smallest absolute Gasteiger partial charge is 0.302 e. The number of hydrogen-bond donors (Lipinski definition) is 0. The molecule has 1 amide bonds. The standard InChI is InChI=1S/C12H15N3O4/c1-7-4-14-5-10(6-19-9(3)17)15(8(2)16)12(14)13-11(7)18/h4,10H,5-6H2,1-3H3. The average Bonchev–Trinajstić information content (AvgIpc) is 2.64. The highest BCUT2D eigenvalue weighted by atomic mass is 16.5. The predicted molar refractivity (Wildman–Crippen MR) is 66.8 cm³/mol. The Bertz CT molecular complexity index is 593. The summed E-state index contributed by atoms with van der Waals surface area (Å²) in [6.45, 7) is 4.91. The summed E-state index contributed by atoms with van der Waals surface area (Å²) >= 11 is 0. The quantitative estimate of drug-likeness (QED) is 0.695. The number of ether oxygens (including phenoxy) is 1. The summed E-state index contributed by atoms with van der Waals surface area (Å²) in [5.74, 6) is -0.336. The molecule has 1 aliphatic heterocycles. The van der Waals surface area contributed by atoms with Gasteiger partial charge in [-0.25, -0.2) is 0 Å². The van der Waals surface area contributed by atoms with Crippen LogP contribution in [-0.2, 0) is 20.9 Å². The minimum absolute atomic E-state index is 0.0888. The third kappa shape index (κ3) is 2.49. The van der Waals surface area contributed by atoms with Crippen molar-refractivity contribution >= 4 is 17.8 Å². The van der Waals surface area contributed by atoms with Gasteiger partial charge in [0.15, 0.2) is 0 Å². The van der Waals surface area contributed by atoms with Gasteiger partial charge in [-0.3, -0.25) is 19.3 Å². The average molecular weight is 265 g/mol. The van der Waals surface area contributed by atoms with Crippen LogP contribution in [-0.4, -0.2) is 34.1 Å². The van der Waals surface area contributed by atoms with Crippen molar-refractivity contribution in [3.63, 3.8) is 0 Å². The molecule has 1 aliphatic rings. The Labute approximate surface area is 109 Å². The van der Waals surface area contributed by atoms with E-state index in [1.165, 1.54) is 18.7 Å². The molecule has 19 heavy (non-hydrogen) atoms. The number of amides is 1. The molecule has 0 aromatic carbocycles. The number of aryl methyl sites for hydroxylation is 1. The van der Waals surface area contributed by atoms with Crippen LogP contribution in [0.25, 0.3) is 0 Å². The van der Waals surface area contributed by atoms with E-state index < -0.39 is 5.97 Å². The first kappa shape index (κ1) is 13.3. The molecule has 2 rings (SSSR count). The predicted octanol–water partition coefficient (Wildman–Crippen LogP) is -0.150. The van der Waals surface area contributed by atoms with E-state index in [1.807, 2.05) is 0 Å². The maximum atomic E-state index is 11.7. The fourth-order valence-electron chi connectivity index (χ4n) is 2.13. The van der Waals surface area contributed by atoms with Gasteiger partial charge in [0.1, 0.15) is 6.61 Å². The maximum Gasteiger partial charge on any atom is 0.302 e. The minimum atomic E-state index is -0.405. The first-order valence-electron chi connectivity index (χ1n) is 5.91. The number of rotatable bonds is 2. The Hall–Kier alpha value is -2.18. The minimum Gasteiger partial charge on any atom is -0.464 e. The van der Waals surface area contributed by atoms with Crippen LogP contribution in [0, 0.1) is 6.92 Å². The fourth-order valence-corrected chi connectivity index (χ4v) is 2.13. The lowest BCUT2D eigenvalue weighted by molar-refractivity contribution is -0.141. The normalized spacial score (nSPS) is 17.2. The third-order valence-electron chi connectivity index (χ3n) is 2.95. The van der Waals surface area contributed by atoms with Crippen molar-refractivity contribution in [2.24, 2.45) is 0 Å². The Morgan fingerprint density at radius 3 is 2.74 bits per heavy atom. The van der Waals surface area contributed by atoms with Gasteiger partial charge in [-0.2, -0.15) is 4.98 Å². The SMILES string of the molecule is CC(=O)OCC1Cn2cc(C)c(=O)nc2N1C(C)=O. The number of hydrogen-bond acceptors (Lipinski definition) is 5. The molecular formula is C12H15N3O4. The second-order valence-corrected chi connectivity index (χ2v) is 4.53. The van der Waals surface area contributed by atoms with E-state index in [1.54, 1.807) is 17.7 Å². The Morgan fingerprint density at radius 1 is 1.47 bits per heavy atom. The number of anilines is 1. The maximum absolute atomic E-state index is 11.7. The van der Waals surface area contributed by atoms with Crippen LogP contribution in [0.3, 0.4) is 0 Å². The lowest BCUT2D eigenvalue weighted by Crippen LogP contribution is -2.40. The van der Waals surface area contributed by atoms with E-state index >= 15 is 0 Å². The van der Waals surface area contributed by atoms with Crippen LogP contribution in [0.5, 0.6) is 0 Å². The molecule has 0 saturated carbocycles. The third-order valence-corrected chi connectivity index (χ3v) is 2.95. The fraction of sp³-hybridized carbons (Fsp3) is 0.500. The van der Waals surface area contributed by atoms with Crippen molar-refractivity contribution in [1.29, 1.82) is 0 Å². The van der Waals surface area contributed by atoms with E-state index in [0.717, 1.165) is 0 Å². The van der Waals surface area contributed by atoms with Crippen LogP contribution in [0.1, 0.15) is 19.4 Å². The van der Waals surface area contributed by atoms with Crippen molar-refractivity contribution in [2.45, 2.75) is 33.4 Å². The molecular weight excluding hydrogens is 250 g/mol. The molecule has 0 radical (unpaired) electrons. The first-order chi connectivity index (χ1) is 8.90. The molecule has 1 atom stereocenters. The van der Waals surface area contributed by atoms with Crippen LogP contribution in [0.2, 0.25) is 0 Å². The van der Waals surface area contributed by atoms with Gasteiger partial charge in [-0.15, -0.1) is 0 Å². The van der Waals surface area contributed by atoms with Crippen LogP contribution >= 0.6 is 0 Å². The number of carbonyl (C=O) groups is 2. The zero-order chi connectivity index (χ0) is 14.2. The zero-order valence-corrected chi connectivity index (χ0v) is 11.0. The van der Waals surface area contributed by atoms with Crippen molar-refractivity contribution in [3.8, 4) is 0 Å². The molecule has 7 nitrogen and oxygen atoms in total. The van der Waals surface area contributed by atoms with Gasteiger partial charge in [0.2, 0.25) is 11.9 Å². The molecule has 0 N–H and O–H groups in total. The highest BCUT2D eigenvalue weighted by molar-refractivity contribution is 5.91. The molecule has 7 heteroatoms. The van der Waals surface area contributed by atoms with Crippen LogP contribution in [0.15, 0.2) is 11.0 Å². The van der Waals surface area contributed by atoms with Crippen molar-refractivity contribution in [3.05, 3.63) is 22.1 Å². The summed E-state index contributed by atoms with van der Waals surface area (Å²) in [6, 6.07) is -0.324. The van der Waals surface area contributed by atoms with E-state index in [4.69, 9.17) is 4.74 Å². The van der Waals surface area contributed by atoms with Gasteiger partial charge in [0, 0.05) is 32.2 Å². The second-order valence-electron chi connectivity index (χ2n) is 4.53. The van der Waals surface area contributed by atoms with Gasteiger partial charge in [-0.1, -0.05) is 0 Å². The summed E-state index contributed by atoms with van der Waals surface area (Å²) in [5, 5.41) is 0. The van der Waals surface area contributed by atoms with E-state index in [2.05, 4.69) is 4.98 Å². The number of fused-ring (bicyclic) bond motifs is 1. The Kier molecular flexibility index (Phi) is 3.37. The number of carbonyl (C=O) groups excluding carboxylic acids is 2. The van der Waals surface area contributed by atoms with Gasteiger partial charge < -0.3 is 9.30 Å². The van der Waals surface area contributed by atoms with Crippen molar-refractivity contribution < 1.29 is 14.3 Å². The van der Waals surface area contributed by atoms with Gasteiger partial charge in [-0.05, 0) is 6.92 Å². The second kappa shape index (κ2) is 4.83. The summed E-state index contributed by atoms with van der Waals surface area (Å²) < 4.78 is 6.67. The van der Waals surface area contributed by atoms with E-state index in [9.17, 15) is 14.4 Å². The molecule has 0 aliphatic carbocycles. The summed E-state index contributed by atoms with van der Waals surface area (Å²) in [6.07, 6.45) is 1.66. The van der Waals surface area contributed by atoms with Crippen LogP contribution < -0.4 is 10.5 Å². The van der Waals surface area contributed by atoms with Gasteiger partial charge in [0.05, 0.1) is 6.04 Å². The molecule has 1 aromatic heterocycles. The molecule has 2 heterocycles. The molecule has 1 unspecified atom stereocenters. The topological polar surface area (TPSA) is 81.5 Å². The van der Waals surface area contributed by atoms with Crippen LogP contribution in [0.4, 0.5) is 5.95 Å². The Balaban J connectivity index is 2.34. The number of aromatic nitrogens is 2. The van der Waals surface area contributed by atoms with E-state index in [0.29, 0.717) is 18.1 Å². The first-order valence-corrected chi connectivity index (χ1v) is 5.91. The van der Waals surface area contributed by atoms with E-state index in [-0.39, 0.29) is 24.1 Å². The van der Waals surface area contributed by atoms with Gasteiger partial charge >= 0.3 is 5.97 Å². The molecule has 0 bridgehead atoms. The highest BCUT2D eigenvalue weighted by Crippen LogP contribution is 2.23. The largest absolute Gasteiger partial charge is 0.464 e. The summed E-state index contributed by atoms with van der Waals surface area (Å²) in [5.41, 5.74) is 0.158. The molecule has 0 fully saturated rings. The van der Waals surface area contributed by atoms with Crippen molar-refractivity contribution in [1.82, 2.24) is 9.55 Å². The van der Waals surface area contributed by atoms with Gasteiger partial charge in [0.25, 0.3) is 5.56 Å². The summed E-state index contributed by atoms with van der Waals surface area (Å²) in [4.78, 5) is 39.4. The highest BCUT2D eigenvalue weighted by Gasteiger charge is 2.34. The number of esters is 1. The molecule has 0 saturated heterocycles.